The van der Waals surface area contributed by atoms with E-state index in [2.05, 4.69) is 20.6 Å². The third-order valence-electron chi connectivity index (χ3n) is 6.42. The molecule has 0 bridgehead atoms. The van der Waals surface area contributed by atoms with E-state index in [-0.39, 0.29) is 18.4 Å². The molecule has 9 nitrogen and oxygen atoms in total. The number of aromatic amines is 1. The van der Waals surface area contributed by atoms with Gasteiger partial charge in [-0.05, 0) is 37.1 Å². The van der Waals surface area contributed by atoms with E-state index in [1.165, 1.54) is 11.8 Å². The van der Waals surface area contributed by atoms with Crippen molar-refractivity contribution in [1.82, 2.24) is 15.3 Å². The minimum atomic E-state index is -0.740. The number of para-hydroxylation sites is 3. The van der Waals surface area contributed by atoms with Gasteiger partial charge in [0, 0.05) is 36.7 Å². The summed E-state index contributed by atoms with van der Waals surface area (Å²) in [6, 6.07) is 22.1. The van der Waals surface area contributed by atoms with Crippen molar-refractivity contribution in [3.63, 3.8) is 0 Å². The maximum absolute atomic E-state index is 13.6. The fourth-order valence-electron chi connectivity index (χ4n) is 4.67. The molecule has 1 aliphatic rings. The number of imidazole rings is 1. The topological polar surface area (TPSA) is 116 Å². The monoisotopic (exact) mass is 511 g/mol. The lowest BCUT2D eigenvalue weighted by molar-refractivity contribution is -0.144. The Morgan fingerprint density at radius 3 is 2.47 bits per heavy atom. The van der Waals surface area contributed by atoms with Crippen LogP contribution in [0.4, 0.5) is 11.6 Å². The Bertz CT molecular complexity index is 1450. The molecule has 4 aromatic rings. The summed E-state index contributed by atoms with van der Waals surface area (Å²) in [6.45, 7) is 2.39. The molecule has 2 heterocycles. The number of nitrogens with one attached hydrogen (secondary N) is 3. The standard InChI is InChI=1S/C29H29N5O4/c1-19(35)38-27-20-10-2-3-11-21(20)28(37)34(25-15-7-4-12-22(25)27)18-26(36)30-16-8-9-17-31-29-32-23-13-5-6-14-24(23)33-29/h2-7,10-15,27H,8-9,16-18H2,1H3,(H,30,36)(H2,31,32,33). The van der Waals surface area contributed by atoms with E-state index >= 15 is 0 Å². The molecular weight excluding hydrogens is 482 g/mol. The molecule has 1 aliphatic heterocycles. The zero-order valence-corrected chi connectivity index (χ0v) is 21.1. The van der Waals surface area contributed by atoms with Crippen LogP contribution in [0.3, 0.4) is 0 Å². The second-order valence-electron chi connectivity index (χ2n) is 9.11. The van der Waals surface area contributed by atoms with Crippen LogP contribution in [-0.2, 0) is 14.3 Å². The fraction of sp³-hybridized carbons (Fsp3) is 0.241. The largest absolute Gasteiger partial charge is 0.453 e. The summed E-state index contributed by atoms with van der Waals surface area (Å²) < 4.78 is 5.65. The van der Waals surface area contributed by atoms with E-state index in [1.54, 1.807) is 36.4 Å². The number of nitrogens with zero attached hydrogens (tertiary/aromatic N) is 2. The van der Waals surface area contributed by atoms with E-state index in [4.69, 9.17) is 4.74 Å². The van der Waals surface area contributed by atoms with Crippen LogP contribution in [0.1, 0.15) is 47.4 Å². The number of benzene rings is 3. The number of esters is 1. The summed E-state index contributed by atoms with van der Waals surface area (Å²) in [5.74, 6) is -0.302. The van der Waals surface area contributed by atoms with Crippen molar-refractivity contribution in [2.75, 3.05) is 29.9 Å². The first-order valence-corrected chi connectivity index (χ1v) is 12.6. The minimum Gasteiger partial charge on any atom is -0.453 e. The number of ether oxygens (including phenoxy) is 1. The van der Waals surface area contributed by atoms with Gasteiger partial charge in [0.25, 0.3) is 5.91 Å². The molecule has 0 fully saturated rings. The highest BCUT2D eigenvalue weighted by molar-refractivity contribution is 6.11. The first-order valence-electron chi connectivity index (χ1n) is 12.6. The van der Waals surface area contributed by atoms with Gasteiger partial charge in [-0.1, -0.05) is 48.5 Å². The van der Waals surface area contributed by atoms with Gasteiger partial charge in [0.1, 0.15) is 6.54 Å². The summed E-state index contributed by atoms with van der Waals surface area (Å²) in [7, 11) is 0. The maximum atomic E-state index is 13.6. The van der Waals surface area contributed by atoms with Gasteiger partial charge >= 0.3 is 5.97 Å². The SMILES string of the molecule is CC(=O)OC1c2ccccc2C(=O)N(CC(=O)NCCCCNc2nc3ccccc3[nH]2)c2ccccc21. The van der Waals surface area contributed by atoms with Crippen LogP contribution in [0.2, 0.25) is 0 Å². The second kappa shape index (κ2) is 11.2. The van der Waals surface area contributed by atoms with Gasteiger partial charge in [-0.15, -0.1) is 0 Å². The van der Waals surface area contributed by atoms with Crippen molar-refractivity contribution >= 4 is 40.5 Å². The number of rotatable bonds is 9. The smallest absolute Gasteiger partial charge is 0.303 e. The molecular formula is C29H29N5O4. The quantitative estimate of drug-likeness (QED) is 0.229. The highest BCUT2D eigenvalue weighted by Gasteiger charge is 2.34. The molecule has 1 atom stereocenters. The molecule has 0 saturated heterocycles. The van der Waals surface area contributed by atoms with Gasteiger partial charge < -0.3 is 20.4 Å². The molecule has 0 radical (unpaired) electrons. The van der Waals surface area contributed by atoms with Crippen molar-refractivity contribution in [2.24, 2.45) is 0 Å². The second-order valence-corrected chi connectivity index (χ2v) is 9.11. The molecule has 9 heteroatoms. The molecule has 0 saturated carbocycles. The van der Waals surface area contributed by atoms with Gasteiger partial charge in [0.15, 0.2) is 6.10 Å². The van der Waals surface area contributed by atoms with Gasteiger partial charge in [-0.3, -0.25) is 19.3 Å². The van der Waals surface area contributed by atoms with Crippen molar-refractivity contribution in [3.8, 4) is 0 Å². The van der Waals surface area contributed by atoms with E-state index in [1.807, 2.05) is 36.4 Å². The first-order chi connectivity index (χ1) is 18.5. The Hall–Kier alpha value is -4.66. The average Bonchev–Trinajstić information content (AvgIpc) is 3.31. The van der Waals surface area contributed by atoms with Crippen molar-refractivity contribution < 1.29 is 19.1 Å². The summed E-state index contributed by atoms with van der Waals surface area (Å²) in [5, 5.41) is 6.19. The van der Waals surface area contributed by atoms with E-state index in [9.17, 15) is 14.4 Å². The van der Waals surface area contributed by atoms with Crippen LogP contribution in [-0.4, -0.2) is 47.4 Å². The molecule has 0 aliphatic carbocycles. The predicted molar refractivity (Wildman–Crippen MR) is 145 cm³/mol. The maximum Gasteiger partial charge on any atom is 0.303 e. The Kier molecular flexibility index (Phi) is 7.35. The van der Waals surface area contributed by atoms with Crippen LogP contribution < -0.4 is 15.5 Å². The average molecular weight is 512 g/mol. The molecule has 1 aromatic heterocycles. The predicted octanol–water partition coefficient (Wildman–Crippen LogP) is 4.18. The summed E-state index contributed by atoms with van der Waals surface area (Å²) in [4.78, 5) is 47.5. The van der Waals surface area contributed by atoms with Gasteiger partial charge in [-0.2, -0.15) is 0 Å². The molecule has 2 amide bonds. The van der Waals surface area contributed by atoms with Gasteiger partial charge in [-0.25, -0.2) is 4.98 Å². The molecule has 0 spiro atoms. The van der Waals surface area contributed by atoms with E-state index in [0.717, 1.165) is 29.8 Å². The van der Waals surface area contributed by atoms with E-state index < -0.39 is 12.1 Å². The zero-order valence-electron chi connectivity index (χ0n) is 21.1. The Labute approximate surface area is 220 Å². The summed E-state index contributed by atoms with van der Waals surface area (Å²) >= 11 is 0. The summed E-state index contributed by atoms with van der Waals surface area (Å²) in [6.07, 6.45) is 0.859. The zero-order chi connectivity index (χ0) is 26.5. The summed E-state index contributed by atoms with van der Waals surface area (Å²) in [5.41, 5.74) is 4.09. The Balaban J connectivity index is 1.20. The lowest BCUT2D eigenvalue weighted by Gasteiger charge is -2.23. The lowest BCUT2D eigenvalue weighted by Crippen LogP contribution is -2.41. The fourth-order valence-corrected chi connectivity index (χ4v) is 4.67. The number of H-pyrrole nitrogens is 1. The number of anilines is 2. The van der Waals surface area contributed by atoms with Crippen molar-refractivity contribution in [3.05, 3.63) is 89.5 Å². The Morgan fingerprint density at radius 2 is 1.66 bits per heavy atom. The van der Waals surface area contributed by atoms with Crippen LogP contribution in [0.5, 0.6) is 0 Å². The third kappa shape index (κ3) is 5.36. The molecule has 1 unspecified atom stereocenters. The molecule has 3 N–H and O–H groups in total. The number of hydrogen-bond acceptors (Lipinski definition) is 6. The lowest BCUT2D eigenvalue weighted by atomic mass is 9.97. The van der Waals surface area contributed by atoms with Crippen molar-refractivity contribution in [2.45, 2.75) is 25.9 Å². The molecule has 3 aromatic carbocycles. The number of hydrogen-bond donors (Lipinski definition) is 3. The van der Waals surface area contributed by atoms with Crippen molar-refractivity contribution in [1.29, 1.82) is 0 Å². The van der Waals surface area contributed by atoms with E-state index in [0.29, 0.717) is 35.5 Å². The van der Waals surface area contributed by atoms with Crippen LogP contribution in [0, 0.1) is 0 Å². The van der Waals surface area contributed by atoms with Crippen LogP contribution in [0.25, 0.3) is 11.0 Å². The number of amides is 2. The van der Waals surface area contributed by atoms with Gasteiger partial charge in [0.05, 0.1) is 16.7 Å². The highest BCUT2D eigenvalue weighted by atomic mass is 16.5. The molecule has 194 valence electrons. The van der Waals surface area contributed by atoms with Crippen LogP contribution in [0.15, 0.2) is 72.8 Å². The number of aromatic nitrogens is 2. The number of fused-ring (bicyclic) bond motifs is 3. The molecule has 38 heavy (non-hydrogen) atoms. The van der Waals surface area contributed by atoms with Crippen LogP contribution >= 0.6 is 0 Å². The third-order valence-corrected chi connectivity index (χ3v) is 6.42. The highest BCUT2D eigenvalue weighted by Crippen LogP contribution is 2.39. The number of carbonyl (C=O) groups is 3. The minimum absolute atomic E-state index is 0.145. The number of carbonyl (C=O) groups excluding carboxylic acids is 3. The van der Waals surface area contributed by atoms with Gasteiger partial charge in [0.2, 0.25) is 11.9 Å². The Morgan fingerprint density at radius 1 is 0.947 bits per heavy atom. The normalized spacial score (nSPS) is 14.4. The number of unbranched alkanes of at least 4 members (excludes halogenated alkanes) is 1. The first kappa shape index (κ1) is 25.0. The molecule has 5 rings (SSSR count).